The minimum atomic E-state index is -0.454. The van der Waals surface area contributed by atoms with Gasteiger partial charge in [-0.05, 0) is 31.5 Å². The molecule has 0 atom stereocenters. The highest BCUT2D eigenvalue weighted by Gasteiger charge is 2.34. The second kappa shape index (κ2) is 4.98. The summed E-state index contributed by atoms with van der Waals surface area (Å²) >= 11 is 0. The van der Waals surface area contributed by atoms with Crippen molar-refractivity contribution in [3.63, 3.8) is 0 Å². The molecule has 2 rings (SSSR count). The van der Waals surface area contributed by atoms with Crippen molar-refractivity contribution in [2.45, 2.75) is 25.9 Å². The molecule has 1 aromatic carbocycles. The quantitative estimate of drug-likeness (QED) is 0.879. The van der Waals surface area contributed by atoms with Gasteiger partial charge in [0.15, 0.2) is 0 Å². The van der Waals surface area contributed by atoms with Crippen molar-refractivity contribution in [3.05, 3.63) is 29.8 Å². The number of carbonyl (C=O) groups is 1. The Bertz CT molecular complexity index is 426. The van der Waals surface area contributed by atoms with Gasteiger partial charge in [0.2, 0.25) is 5.91 Å². The number of nitrogens with zero attached hydrogens (tertiary/aromatic N) is 1. The van der Waals surface area contributed by atoms with E-state index in [0.717, 1.165) is 24.4 Å². The van der Waals surface area contributed by atoms with Gasteiger partial charge in [0.25, 0.3) is 0 Å². The first-order valence-electron chi connectivity index (χ1n) is 6.20. The summed E-state index contributed by atoms with van der Waals surface area (Å²) in [5.41, 5.74) is 0.673. The molecule has 0 radical (unpaired) electrons. The highest BCUT2D eigenvalue weighted by molar-refractivity contribution is 5.86. The molecule has 4 nitrogen and oxygen atoms in total. The number of amides is 1. The monoisotopic (exact) mass is 248 g/mol. The van der Waals surface area contributed by atoms with E-state index in [1.807, 2.05) is 43.0 Å². The fourth-order valence-electron chi connectivity index (χ4n) is 2.18. The van der Waals surface area contributed by atoms with E-state index in [0.29, 0.717) is 6.54 Å². The Balaban J connectivity index is 2.06. The summed E-state index contributed by atoms with van der Waals surface area (Å²) < 4.78 is 5.12. The predicted molar refractivity (Wildman–Crippen MR) is 70.5 cm³/mol. The van der Waals surface area contributed by atoms with Gasteiger partial charge in [-0.3, -0.25) is 4.79 Å². The molecule has 0 unspecified atom stereocenters. The molecule has 98 valence electrons. The van der Waals surface area contributed by atoms with Crippen LogP contribution < -0.4 is 10.1 Å². The van der Waals surface area contributed by atoms with Crippen LogP contribution in [0.5, 0.6) is 5.75 Å². The summed E-state index contributed by atoms with van der Waals surface area (Å²) in [6.45, 7) is 6.11. The Labute approximate surface area is 108 Å². The molecular weight excluding hydrogens is 228 g/mol. The SMILES string of the molecule is COc1ccc(CN2CCNC(C)(C)C2=O)cc1. The third-order valence-electron chi connectivity index (χ3n) is 3.30. The average molecular weight is 248 g/mol. The van der Waals surface area contributed by atoms with Crippen LogP contribution in [0.1, 0.15) is 19.4 Å². The molecule has 0 aliphatic carbocycles. The van der Waals surface area contributed by atoms with Gasteiger partial charge in [-0.15, -0.1) is 0 Å². The zero-order valence-electron chi connectivity index (χ0n) is 11.2. The molecule has 1 aromatic rings. The van der Waals surface area contributed by atoms with E-state index < -0.39 is 5.54 Å². The van der Waals surface area contributed by atoms with Crippen molar-refractivity contribution in [2.75, 3.05) is 20.2 Å². The first-order valence-corrected chi connectivity index (χ1v) is 6.20. The topological polar surface area (TPSA) is 41.6 Å². The van der Waals surface area contributed by atoms with Gasteiger partial charge < -0.3 is 15.0 Å². The number of ether oxygens (including phenoxy) is 1. The predicted octanol–water partition coefficient (Wildman–Crippen LogP) is 1.41. The molecular formula is C14H20N2O2. The van der Waals surface area contributed by atoms with Crippen molar-refractivity contribution >= 4 is 5.91 Å². The Kier molecular flexibility index (Phi) is 3.57. The molecule has 0 saturated carbocycles. The second-order valence-electron chi connectivity index (χ2n) is 5.13. The lowest BCUT2D eigenvalue weighted by molar-refractivity contribution is -0.140. The number of hydrogen-bond donors (Lipinski definition) is 1. The first-order chi connectivity index (χ1) is 8.53. The van der Waals surface area contributed by atoms with E-state index in [1.54, 1.807) is 7.11 Å². The Morgan fingerprint density at radius 1 is 1.33 bits per heavy atom. The Hall–Kier alpha value is -1.55. The average Bonchev–Trinajstić information content (AvgIpc) is 2.36. The van der Waals surface area contributed by atoms with Crippen LogP contribution in [0.15, 0.2) is 24.3 Å². The number of piperazine rings is 1. The van der Waals surface area contributed by atoms with E-state index >= 15 is 0 Å². The highest BCUT2D eigenvalue weighted by Crippen LogP contribution is 2.17. The second-order valence-corrected chi connectivity index (χ2v) is 5.13. The van der Waals surface area contributed by atoms with Crippen LogP contribution in [0.2, 0.25) is 0 Å². The van der Waals surface area contributed by atoms with Gasteiger partial charge in [-0.2, -0.15) is 0 Å². The van der Waals surface area contributed by atoms with E-state index in [2.05, 4.69) is 5.32 Å². The summed E-state index contributed by atoms with van der Waals surface area (Å²) in [7, 11) is 1.65. The minimum absolute atomic E-state index is 0.157. The smallest absolute Gasteiger partial charge is 0.242 e. The lowest BCUT2D eigenvalue weighted by atomic mass is 10.0. The molecule has 1 amide bonds. The van der Waals surface area contributed by atoms with Crippen LogP contribution >= 0.6 is 0 Å². The fraction of sp³-hybridized carbons (Fsp3) is 0.500. The summed E-state index contributed by atoms with van der Waals surface area (Å²) in [4.78, 5) is 14.1. The van der Waals surface area contributed by atoms with Crippen molar-refractivity contribution in [2.24, 2.45) is 0 Å². The summed E-state index contributed by atoms with van der Waals surface area (Å²) in [5.74, 6) is 0.996. The molecule has 0 bridgehead atoms. The summed E-state index contributed by atoms with van der Waals surface area (Å²) in [5, 5.41) is 3.23. The standard InChI is InChI=1S/C14H20N2O2/c1-14(2)13(17)16(9-8-15-14)10-11-4-6-12(18-3)7-5-11/h4-7,15H,8-10H2,1-3H3. The summed E-state index contributed by atoms with van der Waals surface area (Å²) in [6.07, 6.45) is 0. The fourth-order valence-corrected chi connectivity index (χ4v) is 2.18. The van der Waals surface area contributed by atoms with Gasteiger partial charge in [0.1, 0.15) is 5.75 Å². The molecule has 0 spiro atoms. The number of methoxy groups -OCH3 is 1. The maximum absolute atomic E-state index is 12.2. The number of rotatable bonds is 3. The lowest BCUT2D eigenvalue weighted by Crippen LogP contribution is -2.60. The minimum Gasteiger partial charge on any atom is -0.497 e. The van der Waals surface area contributed by atoms with Crippen LogP contribution in [-0.2, 0) is 11.3 Å². The van der Waals surface area contributed by atoms with Crippen molar-refractivity contribution in [1.82, 2.24) is 10.2 Å². The molecule has 1 N–H and O–H groups in total. The highest BCUT2D eigenvalue weighted by atomic mass is 16.5. The Morgan fingerprint density at radius 3 is 2.61 bits per heavy atom. The number of nitrogens with one attached hydrogen (secondary N) is 1. The van der Waals surface area contributed by atoms with Gasteiger partial charge >= 0.3 is 0 Å². The van der Waals surface area contributed by atoms with E-state index in [9.17, 15) is 4.79 Å². The van der Waals surface area contributed by atoms with E-state index in [1.165, 1.54) is 0 Å². The van der Waals surface area contributed by atoms with Gasteiger partial charge in [0.05, 0.1) is 12.6 Å². The summed E-state index contributed by atoms with van der Waals surface area (Å²) in [6, 6.07) is 7.85. The zero-order chi connectivity index (χ0) is 13.2. The van der Waals surface area contributed by atoms with Crippen molar-refractivity contribution in [3.8, 4) is 5.75 Å². The molecule has 1 fully saturated rings. The van der Waals surface area contributed by atoms with Crippen LogP contribution in [-0.4, -0.2) is 36.5 Å². The maximum atomic E-state index is 12.2. The van der Waals surface area contributed by atoms with Gasteiger partial charge in [0, 0.05) is 19.6 Å². The molecule has 0 aromatic heterocycles. The van der Waals surface area contributed by atoms with Crippen LogP contribution in [0.3, 0.4) is 0 Å². The molecule has 18 heavy (non-hydrogen) atoms. The maximum Gasteiger partial charge on any atom is 0.242 e. The molecule has 1 saturated heterocycles. The third-order valence-corrected chi connectivity index (χ3v) is 3.30. The zero-order valence-corrected chi connectivity index (χ0v) is 11.2. The molecule has 1 heterocycles. The molecule has 4 heteroatoms. The van der Waals surface area contributed by atoms with Gasteiger partial charge in [-0.25, -0.2) is 0 Å². The van der Waals surface area contributed by atoms with E-state index in [4.69, 9.17) is 4.74 Å². The Morgan fingerprint density at radius 2 is 2.00 bits per heavy atom. The number of benzene rings is 1. The third kappa shape index (κ3) is 2.64. The van der Waals surface area contributed by atoms with Crippen LogP contribution in [0.25, 0.3) is 0 Å². The number of hydrogen-bond acceptors (Lipinski definition) is 3. The molecule has 1 aliphatic rings. The number of carbonyl (C=O) groups excluding carboxylic acids is 1. The normalized spacial score (nSPS) is 18.8. The van der Waals surface area contributed by atoms with Crippen molar-refractivity contribution in [1.29, 1.82) is 0 Å². The van der Waals surface area contributed by atoms with Crippen molar-refractivity contribution < 1.29 is 9.53 Å². The largest absolute Gasteiger partial charge is 0.497 e. The lowest BCUT2D eigenvalue weighted by Gasteiger charge is -2.38. The van der Waals surface area contributed by atoms with Crippen LogP contribution in [0, 0.1) is 0 Å². The van der Waals surface area contributed by atoms with Gasteiger partial charge in [-0.1, -0.05) is 12.1 Å². The van der Waals surface area contributed by atoms with E-state index in [-0.39, 0.29) is 5.91 Å². The van der Waals surface area contributed by atoms with Crippen LogP contribution in [0.4, 0.5) is 0 Å². The molecule has 1 aliphatic heterocycles. The first kappa shape index (κ1) is 12.9.